The molecule has 0 saturated heterocycles. The Balaban J connectivity index is 0.000000364. The van der Waals surface area contributed by atoms with Gasteiger partial charge in [-0.1, -0.05) is 29.3 Å². The topological polar surface area (TPSA) is 61.1 Å². The van der Waals surface area contributed by atoms with Crippen molar-refractivity contribution >= 4 is 29.2 Å². The molecular weight excluding hydrogens is 225 g/mol. The number of aliphatic carboxylic acids is 1. The molecule has 0 unspecified atom stereocenters. The zero-order chi connectivity index (χ0) is 11.1. The molecule has 0 aromatic heterocycles. The maximum absolute atomic E-state index is 9.00. The van der Waals surface area contributed by atoms with E-state index in [1.54, 1.807) is 18.2 Å². The quantitative estimate of drug-likeness (QED) is 0.747. The van der Waals surface area contributed by atoms with Gasteiger partial charge in [-0.2, -0.15) is 5.26 Å². The highest BCUT2D eigenvalue weighted by Gasteiger charge is 2.00. The molecule has 0 atom stereocenters. The highest BCUT2D eigenvalue weighted by atomic mass is 35.5. The molecule has 1 aromatic rings. The molecule has 1 rings (SSSR count). The number of nitrogens with zero attached hydrogens (tertiary/aromatic N) is 1. The van der Waals surface area contributed by atoms with Crippen molar-refractivity contribution in [2.75, 3.05) is 0 Å². The molecule has 0 saturated carbocycles. The summed E-state index contributed by atoms with van der Waals surface area (Å²) in [5.74, 6) is -0.833. The minimum Gasteiger partial charge on any atom is -0.481 e. The molecule has 0 heterocycles. The number of carboxylic acids is 1. The fraction of sp³-hybridized carbons (Fsp3) is 0.111. The minimum atomic E-state index is -0.833. The number of rotatable bonds is 0. The molecule has 0 radical (unpaired) electrons. The Hall–Kier alpha value is -1.24. The van der Waals surface area contributed by atoms with Gasteiger partial charge in [0.05, 0.1) is 15.6 Å². The molecule has 3 nitrogen and oxygen atoms in total. The Bertz CT molecular complexity index is 368. The molecule has 0 fully saturated rings. The summed E-state index contributed by atoms with van der Waals surface area (Å²) >= 11 is 11.2. The van der Waals surface area contributed by atoms with E-state index in [0.29, 0.717) is 15.6 Å². The molecule has 0 aliphatic heterocycles. The molecule has 1 N–H and O–H groups in total. The number of benzene rings is 1. The molecule has 1 aromatic carbocycles. The van der Waals surface area contributed by atoms with Gasteiger partial charge in [0.2, 0.25) is 0 Å². The number of nitriles is 1. The van der Waals surface area contributed by atoms with Crippen LogP contribution >= 0.6 is 23.2 Å². The monoisotopic (exact) mass is 231 g/mol. The summed E-state index contributed by atoms with van der Waals surface area (Å²) in [6.07, 6.45) is 0. The fourth-order valence-corrected chi connectivity index (χ4v) is 0.933. The van der Waals surface area contributed by atoms with E-state index in [-0.39, 0.29) is 0 Å². The van der Waals surface area contributed by atoms with Gasteiger partial charge in [-0.15, -0.1) is 0 Å². The first-order valence-electron chi connectivity index (χ1n) is 3.52. The lowest BCUT2D eigenvalue weighted by Gasteiger charge is -1.94. The van der Waals surface area contributed by atoms with Crippen LogP contribution in [-0.2, 0) is 4.79 Å². The van der Waals surface area contributed by atoms with Gasteiger partial charge in [0.1, 0.15) is 6.07 Å². The molecule has 0 amide bonds. The van der Waals surface area contributed by atoms with E-state index < -0.39 is 5.97 Å². The van der Waals surface area contributed by atoms with Crippen molar-refractivity contribution in [3.63, 3.8) is 0 Å². The zero-order valence-corrected chi connectivity index (χ0v) is 8.80. The van der Waals surface area contributed by atoms with E-state index in [9.17, 15) is 0 Å². The maximum atomic E-state index is 9.00. The summed E-state index contributed by atoms with van der Waals surface area (Å²) in [7, 11) is 0. The SMILES string of the molecule is CC(=O)O.N#Cc1cccc(Cl)c1Cl. The first kappa shape index (κ1) is 12.8. The van der Waals surface area contributed by atoms with Gasteiger partial charge in [-0.25, -0.2) is 0 Å². The van der Waals surface area contributed by atoms with E-state index in [2.05, 4.69) is 0 Å². The van der Waals surface area contributed by atoms with Crippen molar-refractivity contribution in [2.45, 2.75) is 6.92 Å². The van der Waals surface area contributed by atoms with Crippen LogP contribution in [0.15, 0.2) is 18.2 Å². The molecule has 5 heteroatoms. The zero-order valence-electron chi connectivity index (χ0n) is 7.29. The Kier molecular flexibility index (Phi) is 5.70. The molecule has 0 spiro atoms. The van der Waals surface area contributed by atoms with Crippen LogP contribution in [0.3, 0.4) is 0 Å². The van der Waals surface area contributed by atoms with Gasteiger partial charge < -0.3 is 5.11 Å². The van der Waals surface area contributed by atoms with Crippen molar-refractivity contribution in [2.24, 2.45) is 0 Å². The van der Waals surface area contributed by atoms with E-state index in [0.717, 1.165) is 6.92 Å². The Morgan fingerprint density at radius 1 is 1.50 bits per heavy atom. The van der Waals surface area contributed by atoms with Crippen molar-refractivity contribution in [1.82, 2.24) is 0 Å². The molecule has 0 bridgehead atoms. The predicted octanol–water partition coefficient (Wildman–Crippen LogP) is 2.96. The van der Waals surface area contributed by atoms with Crippen LogP contribution in [-0.4, -0.2) is 11.1 Å². The highest BCUT2D eigenvalue weighted by molar-refractivity contribution is 6.42. The first-order valence-corrected chi connectivity index (χ1v) is 4.28. The lowest BCUT2D eigenvalue weighted by molar-refractivity contribution is -0.134. The van der Waals surface area contributed by atoms with E-state index >= 15 is 0 Å². The maximum Gasteiger partial charge on any atom is 0.300 e. The van der Waals surface area contributed by atoms with Gasteiger partial charge in [0.25, 0.3) is 5.97 Å². The third-order valence-electron chi connectivity index (χ3n) is 1.07. The lowest BCUT2D eigenvalue weighted by atomic mass is 10.2. The second kappa shape index (κ2) is 6.25. The van der Waals surface area contributed by atoms with Gasteiger partial charge in [-0.3, -0.25) is 4.79 Å². The fourth-order valence-electron chi connectivity index (χ4n) is 0.590. The van der Waals surface area contributed by atoms with Crippen LogP contribution in [0.5, 0.6) is 0 Å². The van der Waals surface area contributed by atoms with Crippen molar-refractivity contribution < 1.29 is 9.90 Å². The van der Waals surface area contributed by atoms with Crippen LogP contribution < -0.4 is 0 Å². The number of carboxylic acid groups (broad SMARTS) is 1. The average molecular weight is 232 g/mol. The van der Waals surface area contributed by atoms with Gasteiger partial charge in [0.15, 0.2) is 0 Å². The van der Waals surface area contributed by atoms with Crippen LogP contribution in [0.4, 0.5) is 0 Å². The normalized spacial score (nSPS) is 8.14. The van der Waals surface area contributed by atoms with E-state index in [1.807, 2.05) is 6.07 Å². The Morgan fingerprint density at radius 3 is 2.36 bits per heavy atom. The number of halogens is 2. The van der Waals surface area contributed by atoms with E-state index in [4.69, 9.17) is 38.4 Å². The number of hydrogen-bond acceptors (Lipinski definition) is 2. The highest BCUT2D eigenvalue weighted by Crippen LogP contribution is 2.24. The molecule has 0 aliphatic rings. The number of hydrogen-bond donors (Lipinski definition) is 1. The van der Waals surface area contributed by atoms with Gasteiger partial charge >= 0.3 is 0 Å². The summed E-state index contributed by atoms with van der Waals surface area (Å²) < 4.78 is 0. The van der Waals surface area contributed by atoms with Gasteiger partial charge in [0, 0.05) is 6.92 Å². The standard InChI is InChI=1S/C7H3Cl2N.C2H4O2/c8-6-3-1-2-5(4-10)7(6)9;1-2(3)4/h1-3H;1H3,(H,3,4). The summed E-state index contributed by atoms with van der Waals surface area (Å²) in [6, 6.07) is 6.87. The van der Waals surface area contributed by atoms with Crippen LogP contribution in [0.25, 0.3) is 0 Å². The van der Waals surface area contributed by atoms with Crippen LogP contribution in [0.2, 0.25) is 10.0 Å². The largest absolute Gasteiger partial charge is 0.481 e. The van der Waals surface area contributed by atoms with Crippen LogP contribution in [0.1, 0.15) is 12.5 Å². The average Bonchev–Trinajstić information content (AvgIpc) is 2.09. The molecule has 0 aliphatic carbocycles. The van der Waals surface area contributed by atoms with Crippen molar-refractivity contribution in [1.29, 1.82) is 5.26 Å². The third kappa shape index (κ3) is 4.70. The van der Waals surface area contributed by atoms with Crippen molar-refractivity contribution in [3.8, 4) is 6.07 Å². The predicted molar refractivity (Wildman–Crippen MR) is 54.5 cm³/mol. The minimum absolute atomic E-state index is 0.326. The summed E-state index contributed by atoms with van der Waals surface area (Å²) in [5.41, 5.74) is 0.411. The smallest absolute Gasteiger partial charge is 0.300 e. The molecule has 14 heavy (non-hydrogen) atoms. The first-order chi connectivity index (χ1) is 6.49. The summed E-state index contributed by atoms with van der Waals surface area (Å²) in [6.45, 7) is 1.08. The Morgan fingerprint density at radius 2 is 2.00 bits per heavy atom. The number of carbonyl (C=O) groups is 1. The van der Waals surface area contributed by atoms with Crippen LogP contribution in [0, 0.1) is 11.3 Å². The second-order valence-corrected chi connectivity index (χ2v) is 3.02. The summed E-state index contributed by atoms with van der Waals surface area (Å²) in [5, 5.41) is 16.6. The van der Waals surface area contributed by atoms with E-state index in [1.165, 1.54) is 0 Å². The lowest BCUT2D eigenvalue weighted by Crippen LogP contribution is -1.78. The second-order valence-electron chi connectivity index (χ2n) is 2.23. The van der Waals surface area contributed by atoms with Crippen molar-refractivity contribution in [3.05, 3.63) is 33.8 Å². The molecule has 74 valence electrons. The summed E-state index contributed by atoms with van der Waals surface area (Å²) in [4.78, 5) is 9.00. The Labute approximate surface area is 91.5 Å². The molecular formula is C9H7Cl2NO2. The van der Waals surface area contributed by atoms with Gasteiger partial charge in [-0.05, 0) is 12.1 Å². The third-order valence-corrected chi connectivity index (χ3v) is 1.89.